The molecule has 2 amide bonds. The third-order valence-electron chi connectivity index (χ3n) is 7.45. The van der Waals surface area contributed by atoms with E-state index in [-0.39, 0.29) is 23.4 Å². The normalized spacial score (nSPS) is 17.2. The van der Waals surface area contributed by atoms with Crippen LogP contribution in [0.5, 0.6) is 11.5 Å². The lowest BCUT2D eigenvalue weighted by molar-refractivity contribution is -0.116. The number of nitrogens with one attached hydrogen (secondary N) is 1. The third-order valence-corrected chi connectivity index (χ3v) is 9.34. The summed E-state index contributed by atoms with van der Waals surface area (Å²) in [6.07, 6.45) is 4.26. The van der Waals surface area contributed by atoms with Crippen molar-refractivity contribution in [3.8, 4) is 11.5 Å². The molecular weight excluding hydrogens is 520 g/mol. The Balaban J connectivity index is 1.48. The number of sulfonamides is 1. The van der Waals surface area contributed by atoms with Crippen LogP contribution in [0.3, 0.4) is 0 Å². The van der Waals surface area contributed by atoms with Crippen molar-refractivity contribution >= 4 is 27.5 Å². The zero-order valence-electron chi connectivity index (χ0n) is 22.9. The Labute approximate surface area is 230 Å². The van der Waals surface area contributed by atoms with Crippen molar-refractivity contribution in [3.63, 3.8) is 0 Å². The van der Waals surface area contributed by atoms with Crippen LogP contribution in [0.2, 0.25) is 0 Å². The van der Waals surface area contributed by atoms with E-state index in [2.05, 4.69) is 10.2 Å². The molecule has 4 rings (SSSR count). The van der Waals surface area contributed by atoms with E-state index in [1.807, 2.05) is 11.9 Å². The summed E-state index contributed by atoms with van der Waals surface area (Å²) in [6.45, 7) is 2.72. The maximum Gasteiger partial charge on any atom is 0.253 e. The van der Waals surface area contributed by atoms with Crippen LogP contribution in [-0.2, 0) is 14.8 Å². The van der Waals surface area contributed by atoms with E-state index in [1.165, 1.54) is 30.7 Å². The van der Waals surface area contributed by atoms with Crippen LogP contribution < -0.4 is 14.8 Å². The molecule has 1 heterocycles. The highest BCUT2D eigenvalue weighted by atomic mass is 32.2. The van der Waals surface area contributed by atoms with Crippen LogP contribution in [-0.4, -0.2) is 94.4 Å². The van der Waals surface area contributed by atoms with Gasteiger partial charge < -0.3 is 24.6 Å². The molecule has 10 nitrogen and oxygen atoms in total. The SMILES string of the molecule is COc1ccc(S(=O)(=O)N(CC(=O)Nc2ccc(C(=O)N3CCN(C)CC3)cc2)C2CCCCC2)cc1OC. The monoisotopic (exact) mass is 558 g/mol. The van der Waals surface area contributed by atoms with Gasteiger partial charge in [0, 0.05) is 49.5 Å². The van der Waals surface area contributed by atoms with Crippen molar-refractivity contribution in [1.29, 1.82) is 0 Å². The van der Waals surface area contributed by atoms with Gasteiger partial charge in [0.2, 0.25) is 15.9 Å². The van der Waals surface area contributed by atoms with Gasteiger partial charge in [0.1, 0.15) is 0 Å². The molecule has 0 atom stereocenters. The van der Waals surface area contributed by atoms with E-state index in [9.17, 15) is 18.0 Å². The van der Waals surface area contributed by atoms with Gasteiger partial charge in [-0.2, -0.15) is 4.31 Å². The van der Waals surface area contributed by atoms with E-state index in [0.717, 1.165) is 32.4 Å². The molecule has 2 aromatic carbocycles. The summed E-state index contributed by atoms with van der Waals surface area (Å²) < 4.78 is 39.4. The summed E-state index contributed by atoms with van der Waals surface area (Å²) in [6, 6.07) is 10.9. The van der Waals surface area contributed by atoms with E-state index >= 15 is 0 Å². The Bertz CT molecular complexity index is 1250. The van der Waals surface area contributed by atoms with Crippen molar-refractivity contribution in [1.82, 2.24) is 14.1 Å². The summed E-state index contributed by atoms with van der Waals surface area (Å²) in [5.41, 5.74) is 1.06. The number of ether oxygens (including phenoxy) is 2. The highest BCUT2D eigenvalue weighted by Gasteiger charge is 2.34. The first-order valence-electron chi connectivity index (χ1n) is 13.3. The zero-order valence-corrected chi connectivity index (χ0v) is 23.7. The molecule has 1 aliphatic heterocycles. The van der Waals surface area contributed by atoms with Crippen molar-refractivity contribution in [2.75, 3.05) is 59.3 Å². The molecule has 2 aromatic rings. The van der Waals surface area contributed by atoms with E-state index < -0.39 is 15.9 Å². The summed E-state index contributed by atoms with van der Waals surface area (Å²) in [5, 5.41) is 2.81. The molecule has 0 spiro atoms. The first-order valence-corrected chi connectivity index (χ1v) is 14.8. The van der Waals surface area contributed by atoms with E-state index in [4.69, 9.17) is 9.47 Å². The van der Waals surface area contributed by atoms with Crippen LogP contribution in [0, 0.1) is 0 Å². The van der Waals surface area contributed by atoms with Crippen LogP contribution in [0.1, 0.15) is 42.5 Å². The fourth-order valence-electron chi connectivity index (χ4n) is 5.12. The minimum absolute atomic E-state index is 0.0366. The van der Waals surface area contributed by atoms with E-state index in [1.54, 1.807) is 30.3 Å². The van der Waals surface area contributed by atoms with Crippen LogP contribution >= 0.6 is 0 Å². The number of hydrogen-bond donors (Lipinski definition) is 1. The predicted molar refractivity (Wildman–Crippen MR) is 149 cm³/mol. The Hall–Kier alpha value is -3.15. The van der Waals surface area contributed by atoms with Crippen LogP contribution in [0.15, 0.2) is 47.4 Å². The Kier molecular flexibility index (Phi) is 9.47. The van der Waals surface area contributed by atoms with Gasteiger partial charge in [0.15, 0.2) is 11.5 Å². The van der Waals surface area contributed by atoms with Gasteiger partial charge in [0.05, 0.1) is 25.7 Å². The molecule has 39 heavy (non-hydrogen) atoms. The molecule has 2 fully saturated rings. The lowest BCUT2D eigenvalue weighted by Crippen LogP contribution is -2.47. The standard InChI is InChI=1S/C28H38N4O6S/c1-30-15-17-31(18-16-30)28(34)21-9-11-22(12-10-21)29-27(33)20-32(23-7-5-4-6-8-23)39(35,36)24-13-14-25(37-2)26(19-24)38-3/h9-14,19,23H,4-8,15-18,20H2,1-3H3,(H,29,33). The average Bonchev–Trinajstić information content (AvgIpc) is 2.96. The van der Waals surface area contributed by atoms with Gasteiger partial charge in [-0.3, -0.25) is 9.59 Å². The lowest BCUT2D eigenvalue weighted by Gasteiger charge is -2.33. The Morgan fingerprint density at radius 1 is 0.923 bits per heavy atom. The molecular formula is C28H38N4O6S. The third kappa shape index (κ3) is 6.90. The van der Waals surface area contributed by atoms with Crippen molar-refractivity contribution < 1.29 is 27.5 Å². The second kappa shape index (κ2) is 12.8. The fourth-order valence-corrected chi connectivity index (χ4v) is 6.78. The number of methoxy groups -OCH3 is 2. The first-order chi connectivity index (χ1) is 18.7. The Morgan fingerprint density at radius 3 is 2.18 bits per heavy atom. The summed E-state index contributed by atoms with van der Waals surface area (Å²) in [4.78, 5) is 30.0. The van der Waals surface area contributed by atoms with Gasteiger partial charge in [-0.1, -0.05) is 19.3 Å². The number of hydrogen-bond acceptors (Lipinski definition) is 7. The van der Waals surface area contributed by atoms with Crippen molar-refractivity contribution in [2.24, 2.45) is 0 Å². The molecule has 1 N–H and O–H groups in total. The number of benzene rings is 2. The topological polar surface area (TPSA) is 108 Å². The first kappa shape index (κ1) is 28.8. The van der Waals surface area contributed by atoms with Crippen LogP contribution in [0.4, 0.5) is 5.69 Å². The second-order valence-corrected chi connectivity index (χ2v) is 12.0. The molecule has 0 aromatic heterocycles. The molecule has 1 aliphatic carbocycles. The minimum Gasteiger partial charge on any atom is -0.493 e. The maximum atomic E-state index is 13.8. The molecule has 0 radical (unpaired) electrons. The number of piperazine rings is 1. The summed E-state index contributed by atoms with van der Waals surface area (Å²) in [7, 11) is 0.974. The van der Waals surface area contributed by atoms with Gasteiger partial charge in [-0.15, -0.1) is 0 Å². The molecule has 1 saturated carbocycles. The second-order valence-electron chi connectivity index (χ2n) is 10.1. The number of likely N-dealkylation sites (N-methyl/N-ethyl adjacent to an activating group) is 1. The number of carbonyl (C=O) groups excluding carboxylic acids is 2. The highest BCUT2D eigenvalue weighted by molar-refractivity contribution is 7.89. The molecule has 212 valence electrons. The number of anilines is 1. The summed E-state index contributed by atoms with van der Waals surface area (Å²) >= 11 is 0. The molecule has 0 unspecified atom stereocenters. The average molecular weight is 559 g/mol. The smallest absolute Gasteiger partial charge is 0.253 e. The number of rotatable bonds is 9. The largest absolute Gasteiger partial charge is 0.493 e. The number of nitrogens with zero attached hydrogens (tertiary/aromatic N) is 3. The molecule has 0 bridgehead atoms. The zero-order chi connectivity index (χ0) is 28.0. The number of amides is 2. The van der Waals surface area contributed by atoms with Crippen molar-refractivity contribution in [3.05, 3.63) is 48.0 Å². The van der Waals surface area contributed by atoms with Crippen LogP contribution in [0.25, 0.3) is 0 Å². The highest BCUT2D eigenvalue weighted by Crippen LogP contribution is 2.33. The maximum absolute atomic E-state index is 13.8. The summed E-state index contributed by atoms with van der Waals surface area (Å²) in [5.74, 6) is 0.249. The molecule has 1 saturated heterocycles. The number of carbonyl (C=O) groups is 2. The quantitative estimate of drug-likeness (QED) is 0.504. The fraction of sp³-hybridized carbons (Fsp3) is 0.500. The van der Waals surface area contributed by atoms with Gasteiger partial charge in [-0.05, 0) is 56.3 Å². The minimum atomic E-state index is -4.00. The molecule has 11 heteroatoms. The van der Waals surface area contributed by atoms with E-state index in [0.29, 0.717) is 48.7 Å². The van der Waals surface area contributed by atoms with Gasteiger partial charge >= 0.3 is 0 Å². The lowest BCUT2D eigenvalue weighted by atomic mass is 9.95. The van der Waals surface area contributed by atoms with Gasteiger partial charge in [0.25, 0.3) is 5.91 Å². The Morgan fingerprint density at radius 2 is 1.56 bits per heavy atom. The molecule has 2 aliphatic rings. The predicted octanol–water partition coefficient (Wildman–Crippen LogP) is 3.05. The van der Waals surface area contributed by atoms with Gasteiger partial charge in [-0.25, -0.2) is 8.42 Å². The van der Waals surface area contributed by atoms with Crippen molar-refractivity contribution in [2.45, 2.75) is 43.0 Å².